The van der Waals surface area contributed by atoms with E-state index in [4.69, 9.17) is 9.72 Å². The number of hydrogen-bond donors (Lipinski definition) is 0. The third-order valence-electron chi connectivity index (χ3n) is 5.35. The molecule has 31 heavy (non-hydrogen) atoms. The van der Waals surface area contributed by atoms with E-state index in [-0.39, 0.29) is 18.2 Å². The highest BCUT2D eigenvalue weighted by Gasteiger charge is 2.41. The second kappa shape index (κ2) is 8.90. The molecule has 0 spiro atoms. The van der Waals surface area contributed by atoms with Crippen LogP contribution in [0.25, 0.3) is 0 Å². The number of rotatable bonds is 4. The van der Waals surface area contributed by atoms with Crippen LogP contribution in [-0.2, 0) is 27.2 Å². The minimum atomic E-state index is -0.635. The van der Waals surface area contributed by atoms with Crippen LogP contribution in [-0.4, -0.2) is 28.0 Å². The van der Waals surface area contributed by atoms with Crippen LogP contribution in [0.15, 0.2) is 35.4 Å². The molecule has 1 unspecified atom stereocenters. The Morgan fingerprint density at radius 1 is 1.19 bits per heavy atom. The first kappa shape index (κ1) is 21.1. The van der Waals surface area contributed by atoms with Crippen LogP contribution in [0.3, 0.4) is 0 Å². The third kappa shape index (κ3) is 4.47. The van der Waals surface area contributed by atoms with Crippen molar-refractivity contribution < 1.29 is 19.1 Å². The van der Waals surface area contributed by atoms with E-state index in [2.05, 4.69) is 6.07 Å². The van der Waals surface area contributed by atoms with E-state index >= 15 is 0 Å². The van der Waals surface area contributed by atoms with Crippen LogP contribution in [0.2, 0.25) is 0 Å². The largest absolute Gasteiger partial charge is 0.427 e. The van der Waals surface area contributed by atoms with Gasteiger partial charge in [-0.05, 0) is 61.6 Å². The third-order valence-corrected chi connectivity index (χ3v) is 6.54. The number of nitriles is 1. The normalized spacial score (nSPS) is 18.3. The molecule has 1 saturated heterocycles. The lowest BCUT2D eigenvalue weighted by Gasteiger charge is -2.16. The van der Waals surface area contributed by atoms with Gasteiger partial charge in [0, 0.05) is 19.0 Å². The maximum atomic E-state index is 13.0. The van der Waals surface area contributed by atoms with Crippen molar-refractivity contribution in [3.63, 3.8) is 0 Å². The summed E-state index contributed by atoms with van der Waals surface area (Å²) < 4.78 is 5.00. The zero-order valence-electron chi connectivity index (χ0n) is 17.1. The Kier molecular flexibility index (Phi) is 6.05. The number of thioether (sulfide) groups is 1. The number of pyridine rings is 1. The fraction of sp³-hybridized carbons (Fsp3) is 0.348. The van der Waals surface area contributed by atoms with E-state index < -0.39 is 11.2 Å². The number of ether oxygens (including phenoxy) is 1. The lowest BCUT2D eigenvalue weighted by molar-refractivity contribution is -0.132. The van der Waals surface area contributed by atoms with Crippen LogP contribution in [0.4, 0.5) is 5.69 Å². The van der Waals surface area contributed by atoms with Gasteiger partial charge < -0.3 is 4.74 Å². The minimum absolute atomic E-state index is 0.0405. The van der Waals surface area contributed by atoms with Crippen molar-refractivity contribution in [3.8, 4) is 11.8 Å². The molecule has 1 aromatic heterocycles. The summed E-state index contributed by atoms with van der Waals surface area (Å²) in [6.45, 7) is 1.30. The summed E-state index contributed by atoms with van der Waals surface area (Å²) in [6.07, 6.45) is 5.12. The molecule has 1 aromatic carbocycles. The zero-order chi connectivity index (χ0) is 22.0. The molecular formula is C23H21N3O4S. The standard InChI is InChI=1S/C23H21N3O4S/c1-14(27)30-18-9-7-17(8-10-18)26-21(28)12-20(23(26)29)31-22-16(13-24)11-15-5-3-2-4-6-19(15)25-22/h7-11,20H,2-6,12H2,1H3. The average molecular weight is 436 g/mol. The second-order valence-corrected chi connectivity index (χ2v) is 8.78. The van der Waals surface area contributed by atoms with Crippen molar-refractivity contribution in [2.45, 2.75) is 55.7 Å². The quantitative estimate of drug-likeness (QED) is 0.313. The fourth-order valence-electron chi connectivity index (χ4n) is 3.89. The number of amides is 2. The molecule has 8 heteroatoms. The highest BCUT2D eigenvalue weighted by atomic mass is 32.2. The Bertz CT molecular complexity index is 1090. The van der Waals surface area contributed by atoms with Gasteiger partial charge in [0.25, 0.3) is 0 Å². The molecule has 0 radical (unpaired) electrons. The van der Waals surface area contributed by atoms with Gasteiger partial charge in [-0.15, -0.1) is 0 Å². The number of aromatic nitrogens is 1. The molecular weight excluding hydrogens is 414 g/mol. The topological polar surface area (TPSA) is 100 Å². The molecule has 158 valence electrons. The molecule has 1 atom stereocenters. The predicted octanol–water partition coefficient (Wildman–Crippen LogP) is 3.57. The van der Waals surface area contributed by atoms with E-state index in [1.165, 1.54) is 18.7 Å². The molecule has 2 aromatic rings. The van der Waals surface area contributed by atoms with Crippen molar-refractivity contribution in [1.29, 1.82) is 5.26 Å². The number of carbonyl (C=O) groups is 3. The first-order valence-electron chi connectivity index (χ1n) is 10.2. The van der Waals surface area contributed by atoms with E-state index in [1.807, 2.05) is 6.07 Å². The summed E-state index contributed by atoms with van der Waals surface area (Å²) in [4.78, 5) is 42.5. The maximum Gasteiger partial charge on any atom is 0.308 e. The summed E-state index contributed by atoms with van der Waals surface area (Å²) in [5.41, 5.74) is 2.98. The summed E-state index contributed by atoms with van der Waals surface area (Å²) in [5.74, 6) is -0.750. The van der Waals surface area contributed by atoms with Gasteiger partial charge in [0.2, 0.25) is 11.8 Å². The van der Waals surface area contributed by atoms with E-state index in [1.54, 1.807) is 24.3 Å². The molecule has 2 heterocycles. The van der Waals surface area contributed by atoms with Gasteiger partial charge in [0.1, 0.15) is 16.8 Å². The molecule has 1 aliphatic heterocycles. The van der Waals surface area contributed by atoms with Gasteiger partial charge in [0.15, 0.2) is 0 Å². The molecule has 2 amide bonds. The van der Waals surface area contributed by atoms with E-state index in [0.717, 1.165) is 48.3 Å². The highest BCUT2D eigenvalue weighted by molar-refractivity contribution is 8.00. The maximum absolute atomic E-state index is 13.0. The smallest absolute Gasteiger partial charge is 0.308 e. The summed E-state index contributed by atoms with van der Waals surface area (Å²) >= 11 is 1.19. The van der Waals surface area contributed by atoms with Crippen molar-refractivity contribution in [1.82, 2.24) is 4.98 Å². The number of fused-ring (bicyclic) bond motifs is 1. The summed E-state index contributed by atoms with van der Waals surface area (Å²) in [5, 5.41) is 9.48. The van der Waals surface area contributed by atoms with Gasteiger partial charge in [-0.1, -0.05) is 18.2 Å². The molecule has 1 aliphatic carbocycles. The van der Waals surface area contributed by atoms with Crippen LogP contribution < -0.4 is 9.64 Å². The molecule has 0 saturated carbocycles. The molecule has 1 fully saturated rings. The minimum Gasteiger partial charge on any atom is -0.427 e. The van der Waals surface area contributed by atoms with Crippen molar-refractivity contribution >= 4 is 35.2 Å². The molecule has 7 nitrogen and oxygen atoms in total. The number of imide groups is 1. The number of hydrogen-bond acceptors (Lipinski definition) is 7. The lowest BCUT2D eigenvalue weighted by Crippen LogP contribution is -2.31. The van der Waals surface area contributed by atoms with Crippen LogP contribution in [0.1, 0.15) is 49.4 Å². The van der Waals surface area contributed by atoms with E-state index in [9.17, 15) is 19.6 Å². The molecule has 0 bridgehead atoms. The number of esters is 1. The van der Waals surface area contributed by atoms with Crippen molar-refractivity contribution in [2.24, 2.45) is 0 Å². The second-order valence-electron chi connectivity index (χ2n) is 7.58. The highest BCUT2D eigenvalue weighted by Crippen LogP contribution is 2.36. The van der Waals surface area contributed by atoms with Gasteiger partial charge in [-0.3, -0.25) is 14.4 Å². The van der Waals surface area contributed by atoms with Gasteiger partial charge >= 0.3 is 5.97 Å². The SMILES string of the molecule is CC(=O)Oc1ccc(N2C(=O)CC(Sc3nc4c(cc3C#N)CCCCC4)C2=O)cc1. The number of nitrogens with zero attached hydrogens (tertiary/aromatic N) is 3. The Morgan fingerprint density at radius 3 is 2.65 bits per heavy atom. The van der Waals surface area contributed by atoms with Crippen LogP contribution in [0.5, 0.6) is 5.75 Å². The lowest BCUT2D eigenvalue weighted by atomic mass is 10.1. The van der Waals surface area contributed by atoms with Gasteiger partial charge in [-0.25, -0.2) is 9.88 Å². The molecule has 4 rings (SSSR count). The number of anilines is 1. The Balaban J connectivity index is 1.55. The Morgan fingerprint density at radius 2 is 1.94 bits per heavy atom. The zero-order valence-corrected chi connectivity index (χ0v) is 17.9. The number of aryl methyl sites for hydroxylation is 2. The summed E-state index contributed by atoms with van der Waals surface area (Å²) in [6, 6.07) is 10.3. The summed E-state index contributed by atoms with van der Waals surface area (Å²) in [7, 11) is 0. The predicted molar refractivity (Wildman–Crippen MR) is 115 cm³/mol. The molecule has 2 aliphatic rings. The van der Waals surface area contributed by atoms with E-state index in [0.29, 0.717) is 22.0 Å². The first-order valence-corrected chi connectivity index (χ1v) is 11.1. The van der Waals surface area contributed by atoms with Crippen molar-refractivity contribution in [2.75, 3.05) is 4.90 Å². The fourth-order valence-corrected chi connectivity index (χ4v) is 4.99. The van der Waals surface area contributed by atoms with Crippen LogP contribution in [0, 0.1) is 11.3 Å². The number of carbonyl (C=O) groups excluding carboxylic acids is 3. The monoisotopic (exact) mass is 435 g/mol. The van der Waals surface area contributed by atoms with Gasteiger partial charge in [0.05, 0.1) is 16.5 Å². The van der Waals surface area contributed by atoms with Gasteiger partial charge in [-0.2, -0.15) is 5.26 Å². The van der Waals surface area contributed by atoms with Crippen molar-refractivity contribution in [3.05, 3.63) is 47.2 Å². The first-order chi connectivity index (χ1) is 15.0. The molecule has 0 N–H and O–H groups in total. The van der Waals surface area contributed by atoms with Crippen LogP contribution >= 0.6 is 11.8 Å². The average Bonchev–Trinajstić information content (AvgIpc) is 2.90. The Hall–Kier alpha value is -3.18. The number of benzene rings is 1. The Labute approximate surface area is 184 Å².